The van der Waals surface area contributed by atoms with E-state index in [1.165, 1.54) is 48.3 Å². The van der Waals surface area contributed by atoms with Crippen LogP contribution in [-0.2, 0) is 6.54 Å². The van der Waals surface area contributed by atoms with Crippen molar-refractivity contribution in [3.63, 3.8) is 0 Å². The average Bonchev–Trinajstić information content (AvgIpc) is 2.76. The molecule has 0 unspecified atom stereocenters. The molecule has 2 fully saturated rings. The standard InChI is InChI=1S/C26H35N3O/c1-20-6-5-13-27(18-20)19-23-9-11-24(12-10-23)26(30)29-16-14-28(15-17-29)25-8-4-7-21(2)22(25)3/h4,7-12,20H,5-6,13-19H2,1-3H3/t20-/m1/s1. The summed E-state index contributed by atoms with van der Waals surface area (Å²) in [6.45, 7) is 13.4. The Morgan fingerprint density at radius 1 is 0.967 bits per heavy atom. The Morgan fingerprint density at radius 3 is 2.40 bits per heavy atom. The minimum atomic E-state index is 0.161. The first-order chi connectivity index (χ1) is 14.5. The van der Waals surface area contributed by atoms with Crippen molar-refractivity contribution < 1.29 is 4.79 Å². The molecule has 2 aromatic carbocycles. The lowest BCUT2D eigenvalue weighted by Crippen LogP contribution is -2.49. The minimum absolute atomic E-state index is 0.161. The summed E-state index contributed by atoms with van der Waals surface area (Å²) in [5, 5.41) is 0. The fourth-order valence-electron chi connectivity index (χ4n) is 4.85. The van der Waals surface area contributed by atoms with Crippen molar-refractivity contribution >= 4 is 11.6 Å². The van der Waals surface area contributed by atoms with Crippen LogP contribution in [0.2, 0.25) is 0 Å². The van der Waals surface area contributed by atoms with Crippen molar-refractivity contribution in [3.8, 4) is 0 Å². The van der Waals surface area contributed by atoms with Crippen LogP contribution < -0.4 is 4.90 Å². The van der Waals surface area contributed by atoms with E-state index in [2.05, 4.69) is 60.9 Å². The second kappa shape index (κ2) is 9.22. The number of carbonyl (C=O) groups is 1. The third-order valence-corrected chi connectivity index (χ3v) is 6.83. The van der Waals surface area contributed by atoms with Gasteiger partial charge in [0.05, 0.1) is 0 Å². The van der Waals surface area contributed by atoms with Gasteiger partial charge in [0, 0.05) is 50.5 Å². The molecule has 0 radical (unpaired) electrons. The van der Waals surface area contributed by atoms with Crippen molar-refractivity contribution in [2.45, 2.75) is 40.2 Å². The quantitative estimate of drug-likeness (QED) is 0.749. The molecule has 2 heterocycles. The molecule has 160 valence electrons. The van der Waals surface area contributed by atoms with Crippen LogP contribution in [0.5, 0.6) is 0 Å². The second-order valence-electron chi connectivity index (χ2n) is 9.18. The van der Waals surface area contributed by atoms with Crippen LogP contribution >= 0.6 is 0 Å². The molecule has 2 aliphatic heterocycles. The Morgan fingerprint density at radius 2 is 1.70 bits per heavy atom. The van der Waals surface area contributed by atoms with Gasteiger partial charge in [-0.05, 0) is 74.0 Å². The first-order valence-corrected chi connectivity index (χ1v) is 11.4. The lowest BCUT2D eigenvalue weighted by atomic mass is 9.99. The van der Waals surface area contributed by atoms with Crippen LogP contribution in [0.4, 0.5) is 5.69 Å². The molecule has 0 saturated carbocycles. The number of aryl methyl sites for hydroxylation is 1. The predicted octanol–water partition coefficient (Wildman–Crippen LogP) is 4.50. The highest BCUT2D eigenvalue weighted by Gasteiger charge is 2.23. The van der Waals surface area contributed by atoms with Crippen LogP contribution in [-0.4, -0.2) is 55.0 Å². The Balaban J connectivity index is 1.33. The Bertz CT molecular complexity index is 868. The maximum atomic E-state index is 13.0. The van der Waals surface area contributed by atoms with E-state index in [0.717, 1.165) is 44.2 Å². The second-order valence-corrected chi connectivity index (χ2v) is 9.18. The molecule has 2 aliphatic rings. The van der Waals surface area contributed by atoms with Gasteiger partial charge in [0.2, 0.25) is 0 Å². The smallest absolute Gasteiger partial charge is 0.253 e. The summed E-state index contributed by atoms with van der Waals surface area (Å²) < 4.78 is 0. The SMILES string of the molecule is Cc1cccc(N2CCN(C(=O)c3ccc(CN4CCC[C@@H](C)C4)cc3)CC2)c1C. The van der Waals surface area contributed by atoms with Gasteiger partial charge >= 0.3 is 0 Å². The van der Waals surface area contributed by atoms with E-state index >= 15 is 0 Å². The topological polar surface area (TPSA) is 26.8 Å². The number of anilines is 1. The van der Waals surface area contributed by atoms with Gasteiger partial charge in [-0.3, -0.25) is 9.69 Å². The molecule has 1 atom stereocenters. The largest absolute Gasteiger partial charge is 0.368 e. The van der Waals surface area contributed by atoms with Gasteiger partial charge in [0.1, 0.15) is 0 Å². The number of hydrogen-bond acceptors (Lipinski definition) is 3. The van der Waals surface area contributed by atoms with E-state index in [9.17, 15) is 4.79 Å². The summed E-state index contributed by atoms with van der Waals surface area (Å²) in [7, 11) is 0. The van der Waals surface area contributed by atoms with Crippen LogP contribution in [0.15, 0.2) is 42.5 Å². The lowest BCUT2D eigenvalue weighted by molar-refractivity contribution is 0.0746. The third kappa shape index (κ3) is 4.70. The summed E-state index contributed by atoms with van der Waals surface area (Å²) in [4.78, 5) is 20.0. The van der Waals surface area contributed by atoms with Gasteiger partial charge in [-0.1, -0.05) is 31.2 Å². The summed E-state index contributed by atoms with van der Waals surface area (Å²) in [6, 6.07) is 14.8. The number of piperazine rings is 1. The number of rotatable bonds is 4. The molecule has 0 aromatic heterocycles. The van der Waals surface area contributed by atoms with Gasteiger partial charge in [-0.25, -0.2) is 0 Å². The molecule has 0 spiro atoms. The van der Waals surface area contributed by atoms with E-state index in [1.807, 2.05) is 17.0 Å². The number of likely N-dealkylation sites (tertiary alicyclic amines) is 1. The van der Waals surface area contributed by atoms with Crippen LogP contribution in [0.25, 0.3) is 0 Å². The number of benzene rings is 2. The zero-order valence-electron chi connectivity index (χ0n) is 18.7. The molecule has 4 heteroatoms. The van der Waals surface area contributed by atoms with Crippen molar-refractivity contribution in [2.24, 2.45) is 5.92 Å². The third-order valence-electron chi connectivity index (χ3n) is 6.83. The predicted molar refractivity (Wildman–Crippen MR) is 124 cm³/mol. The monoisotopic (exact) mass is 405 g/mol. The van der Waals surface area contributed by atoms with Gasteiger partial charge in [0.25, 0.3) is 5.91 Å². The van der Waals surface area contributed by atoms with Gasteiger partial charge < -0.3 is 9.80 Å². The van der Waals surface area contributed by atoms with Crippen LogP contribution in [0.1, 0.15) is 46.8 Å². The molecule has 2 saturated heterocycles. The molecular formula is C26H35N3O. The number of carbonyl (C=O) groups excluding carboxylic acids is 1. The van der Waals surface area contributed by atoms with Gasteiger partial charge in [0.15, 0.2) is 0 Å². The molecule has 2 aromatic rings. The number of piperidine rings is 1. The molecule has 1 amide bonds. The Hall–Kier alpha value is -2.33. The highest BCUT2D eigenvalue weighted by molar-refractivity contribution is 5.94. The molecule has 0 aliphatic carbocycles. The summed E-state index contributed by atoms with van der Waals surface area (Å²) in [5.41, 5.74) is 6.09. The number of nitrogens with zero attached hydrogens (tertiary/aromatic N) is 3. The van der Waals surface area contributed by atoms with E-state index in [1.54, 1.807) is 0 Å². The van der Waals surface area contributed by atoms with E-state index < -0.39 is 0 Å². The Labute approximate surface area is 181 Å². The van der Waals surface area contributed by atoms with Gasteiger partial charge in [-0.2, -0.15) is 0 Å². The zero-order valence-corrected chi connectivity index (χ0v) is 18.7. The number of amides is 1. The molecular weight excluding hydrogens is 370 g/mol. The highest BCUT2D eigenvalue weighted by Crippen LogP contribution is 2.24. The minimum Gasteiger partial charge on any atom is -0.368 e. The van der Waals surface area contributed by atoms with E-state index in [4.69, 9.17) is 0 Å². The van der Waals surface area contributed by atoms with Crippen molar-refractivity contribution in [1.29, 1.82) is 0 Å². The van der Waals surface area contributed by atoms with Crippen molar-refractivity contribution in [1.82, 2.24) is 9.80 Å². The van der Waals surface area contributed by atoms with Crippen LogP contribution in [0.3, 0.4) is 0 Å². The van der Waals surface area contributed by atoms with E-state index in [0.29, 0.717) is 0 Å². The number of hydrogen-bond donors (Lipinski definition) is 0. The van der Waals surface area contributed by atoms with Gasteiger partial charge in [-0.15, -0.1) is 0 Å². The highest BCUT2D eigenvalue weighted by atomic mass is 16.2. The lowest BCUT2D eigenvalue weighted by Gasteiger charge is -2.37. The average molecular weight is 406 g/mol. The summed E-state index contributed by atoms with van der Waals surface area (Å²) >= 11 is 0. The first-order valence-electron chi connectivity index (χ1n) is 11.4. The Kier molecular flexibility index (Phi) is 6.43. The van der Waals surface area contributed by atoms with Crippen molar-refractivity contribution in [3.05, 3.63) is 64.7 Å². The zero-order chi connectivity index (χ0) is 21.1. The van der Waals surface area contributed by atoms with Crippen LogP contribution in [0, 0.1) is 19.8 Å². The summed E-state index contributed by atoms with van der Waals surface area (Å²) in [6.07, 6.45) is 2.65. The molecule has 0 N–H and O–H groups in total. The molecule has 30 heavy (non-hydrogen) atoms. The van der Waals surface area contributed by atoms with E-state index in [-0.39, 0.29) is 5.91 Å². The molecule has 4 nitrogen and oxygen atoms in total. The fraction of sp³-hybridized carbons (Fsp3) is 0.500. The molecule has 4 rings (SSSR count). The maximum Gasteiger partial charge on any atom is 0.253 e. The summed E-state index contributed by atoms with van der Waals surface area (Å²) in [5.74, 6) is 0.954. The maximum absolute atomic E-state index is 13.0. The van der Waals surface area contributed by atoms with Crippen molar-refractivity contribution in [2.75, 3.05) is 44.2 Å². The first kappa shape index (κ1) is 20.9. The fourth-order valence-corrected chi connectivity index (χ4v) is 4.85. The normalized spacial score (nSPS) is 20.4. The molecule has 0 bridgehead atoms.